The Bertz CT molecular complexity index is 882. The summed E-state index contributed by atoms with van der Waals surface area (Å²) in [7, 11) is 1.50. The van der Waals surface area contributed by atoms with E-state index in [-0.39, 0.29) is 39.6 Å². The zero-order valence-corrected chi connectivity index (χ0v) is 21.7. The predicted molar refractivity (Wildman–Crippen MR) is 142 cm³/mol. The molecule has 8 N–H and O–H groups in total. The van der Waals surface area contributed by atoms with Crippen LogP contribution in [-0.4, -0.2) is 37.7 Å². The minimum atomic E-state index is -0.848. The van der Waals surface area contributed by atoms with E-state index in [2.05, 4.69) is 5.73 Å². The van der Waals surface area contributed by atoms with Crippen molar-refractivity contribution < 1.29 is 30.6 Å². The zero-order chi connectivity index (χ0) is 27.3. The molecule has 0 radical (unpaired) electrons. The van der Waals surface area contributed by atoms with Crippen molar-refractivity contribution in [1.82, 2.24) is 0 Å². The Morgan fingerprint density at radius 2 is 0.611 bits per heavy atom. The molecule has 0 aliphatic heterocycles. The molecule has 0 amide bonds. The molecule has 0 spiro atoms. The van der Waals surface area contributed by atoms with Crippen LogP contribution in [0.4, 0.5) is 0 Å². The molecule has 0 saturated heterocycles. The molecular formula is C29H41NO6. The first-order valence-corrected chi connectivity index (χ1v) is 12.0. The highest BCUT2D eigenvalue weighted by molar-refractivity contribution is 5.54. The lowest BCUT2D eigenvalue weighted by atomic mass is 9.69. The van der Waals surface area contributed by atoms with E-state index in [1.54, 1.807) is 18.2 Å². The lowest BCUT2D eigenvalue weighted by Crippen LogP contribution is -2.27. The summed E-state index contributed by atoms with van der Waals surface area (Å²) in [6, 6.07) is 16.3. The molecule has 0 unspecified atom stereocenters. The Kier molecular flexibility index (Phi) is 13.5. The number of hydrogen-bond donors (Lipinski definition) is 7. The van der Waals surface area contributed by atoms with Crippen LogP contribution < -0.4 is 5.73 Å². The molecule has 0 bridgehead atoms. The number of benzene rings is 3. The van der Waals surface area contributed by atoms with Crippen molar-refractivity contribution in [3.8, 4) is 0 Å². The van der Waals surface area contributed by atoms with Crippen LogP contribution in [0.1, 0.15) is 70.8 Å². The molecule has 0 heterocycles. The lowest BCUT2D eigenvalue weighted by Gasteiger charge is -2.34. The molecule has 0 saturated carbocycles. The van der Waals surface area contributed by atoms with Gasteiger partial charge in [-0.1, -0.05) is 68.4 Å². The Labute approximate surface area is 214 Å². The molecule has 0 aromatic heterocycles. The summed E-state index contributed by atoms with van der Waals surface area (Å²) < 4.78 is 0. The molecule has 0 fully saturated rings. The Morgan fingerprint density at radius 3 is 0.750 bits per heavy atom. The monoisotopic (exact) mass is 499 g/mol. The third-order valence-corrected chi connectivity index (χ3v) is 5.99. The van der Waals surface area contributed by atoms with E-state index in [1.165, 1.54) is 7.05 Å². The highest BCUT2D eigenvalue weighted by Crippen LogP contribution is 2.41. The van der Waals surface area contributed by atoms with Crippen LogP contribution in [0.25, 0.3) is 0 Å². The quantitative estimate of drug-likeness (QED) is 0.224. The van der Waals surface area contributed by atoms with Gasteiger partial charge in [0.1, 0.15) is 0 Å². The number of rotatable bonds is 9. The van der Waals surface area contributed by atoms with Gasteiger partial charge in [-0.15, -0.1) is 0 Å². The molecule has 7 nitrogen and oxygen atoms in total. The summed E-state index contributed by atoms with van der Waals surface area (Å²) >= 11 is 0. The fourth-order valence-electron chi connectivity index (χ4n) is 4.20. The van der Waals surface area contributed by atoms with Gasteiger partial charge in [-0.25, -0.2) is 0 Å². The molecule has 7 heteroatoms. The zero-order valence-electron chi connectivity index (χ0n) is 21.7. The molecule has 36 heavy (non-hydrogen) atoms. The first-order valence-electron chi connectivity index (χ1n) is 12.0. The van der Waals surface area contributed by atoms with E-state index >= 15 is 0 Å². The van der Waals surface area contributed by atoms with Crippen LogP contribution >= 0.6 is 0 Å². The Morgan fingerprint density at radius 1 is 0.444 bits per heavy atom. The molecule has 3 rings (SSSR count). The maximum absolute atomic E-state index is 9.80. The molecule has 0 aliphatic rings. The van der Waals surface area contributed by atoms with E-state index in [0.29, 0.717) is 33.4 Å². The SMILES string of the molecule is CC.CC(c1cc(CO)cc(CO)c1)(c1cc(CO)cc(CO)c1)c1cc(CO)cc(CO)c1.CN. The van der Waals surface area contributed by atoms with E-state index < -0.39 is 5.41 Å². The normalized spacial score (nSPS) is 10.8. The van der Waals surface area contributed by atoms with Gasteiger partial charge in [0.2, 0.25) is 0 Å². The summed E-state index contributed by atoms with van der Waals surface area (Å²) in [6.07, 6.45) is 0. The third kappa shape index (κ3) is 7.21. The highest BCUT2D eigenvalue weighted by atomic mass is 16.3. The third-order valence-electron chi connectivity index (χ3n) is 5.99. The van der Waals surface area contributed by atoms with Gasteiger partial charge in [0.15, 0.2) is 0 Å². The van der Waals surface area contributed by atoms with Gasteiger partial charge in [0.05, 0.1) is 39.6 Å². The summed E-state index contributed by atoms with van der Waals surface area (Å²) in [4.78, 5) is 0. The van der Waals surface area contributed by atoms with Crippen molar-refractivity contribution >= 4 is 0 Å². The first-order chi connectivity index (χ1) is 17.4. The second-order valence-corrected chi connectivity index (χ2v) is 8.19. The maximum Gasteiger partial charge on any atom is 0.0682 e. The molecule has 0 atom stereocenters. The van der Waals surface area contributed by atoms with Crippen molar-refractivity contribution in [1.29, 1.82) is 0 Å². The summed E-state index contributed by atoms with van der Waals surface area (Å²) in [5.41, 5.74) is 9.83. The Balaban J connectivity index is 0.00000154. The standard InChI is InChI=1S/C26H30O6.C2H6.CH5N/c1-26(23-5-17(11-27)2-18(6-23)12-28,24-7-19(13-29)3-20(8-24)14-30)25-9-21(15-31)4-22(10-25)16-32;2*1-2/h2-10,27-32H,11-16H2,1H3;1-2H3;2H2,1H3. The van der Waals surface area contributed by atoms with Crippen molar-refractivity contribution in [2.24, 2.45) is 5.73 Å². The topological polar surface area (TPSA) is 147 Å². The van der Waals surface area contributed by atoms with Crippen molar-refractivity contribution in [2.45, 2.75) is 65.8 Å². The molecule has 3 aromatic rings. The van der Waals surface area contributed by atoms with Gasteiger partial charge in [0, 0.05) is 5.41 Å². The smallest absolute Gasteiger partial charge is 0.0682 e. The van der Waals surface area contributed by atoms with Crippen LogP contribution in [0.3, 0.4) is 0 Å². The highest BCUT2D eigenvalue weighted by Gasteiger charge is 2.33. The van der Waals surface area contributed by atoms with Crippen molar-refractivity contribution in [2.75, 3.05) is 7.05 Å². The molecular weight excluding hydrogens is 458 g/mol. The average molecular weight is 500 g/mol. The number of aliphatic hydroxyl groups excluding tert-OH is 6. The Hall–Kier alpha value is -2.62. The molecule has 3 aromatic carbocycles. The van der Waals surface area contributed by atoms with Crippen LogP contribution in [0.15, 0.2) is 54.6 Å². The van der Waals surface area contributed by atoms with Gasteiger partial charge >= 0.3 is 0 Å². The lowest BCUT2D eigenvalue weighted by molar-refractivity contribution is 0.275. The first kappa shape index (κ1) is 31.4. The van der Waals surface area contributed by atoms with E-state index in [9.17, 15) is 30.6 Å². The number of nitrogens with two attached hydrogens (primary N) is 1. The van der Waals surface area contributed by atoms with Gasteiger partial charge in [-0.3, -0.25) is 0 Å². The van der Waals surface area contributed by atoms with Crippen molar-refractivity contribution in [3.63, 3.8) is 0 Å². The maximum atomic E-state index is 9.80. The molecule has 0 aliphatic carbocycles. The van der Waals surface area contributed by atoms with Crippen LogP contribution in [-0.2, 0) is 45.1 Å². The van der Waals surface area contributed by atoms with Gasteiger partial charge < -0.3 is 36.4 Å². The van der Waals surface area contributed by atoms with Gasteiger partial charge in [-0.05, 0) is 64.0 Å². The minimum Gasteiger partial charge on any atom is -0.392 e. The number of hydrogen-bond acceptors (Lipinski definition) is 7. The van der Waals surface area contributed by atoms with Gasteiger partial charge in [-0.2, -0.15) is 0 Å². The summed E-state index contributed by atoms with van der Waals surface area (Å²) in [5.74, 6) is 0. The minimum absolute atomic E-state index is 0.200. The fourth-order valence-corrected chi connectivity index (χ4v) is 4.20. The van der Waals surface area contributed by atoms with E-state index in [0.717, 1.165) is 16.7 Å². The van der Waals surface area contributed by atoms with Gasteiger partial charge in [0.25, 0.3) is 0 Å². The largest absolute Gasteiger partial charge is 0.392 e. The fraction of sp³-hybridized carbons (Fsp3) is 0.379. The van der Waals surface area contributed by atoms with Crippen LogP contribution in [0.2, 0.25) is 0 Å². The second kappa shape index (κ2) is 15.5. The van der Waals surface area contributed by atoms with Crippen LogP contribution in [0, 0.1) is 0 Å². The second-order valence-electron chi connectivity index (χ2n) is 8.19. The average Bonchev–Trinajstić information content (AvgIpc) is 2.97. The van der Waals surface area contributed by atoms with E-state index in [4.69, 9.17) is 0 Å². The summed E-state index contributed by atoms with van der Waals surface area (Å²) in [6.45, 7) is 4.77. The number of aliphatic hydroxyl groups is 6. The summed E-state index contributed by atoms with van der Waals surface area (Å²) in [5, 5.41) is 58.8. The van der Waals surface area contributed by atoms with Crippen LogP contribution in [0.5, 0.6) is 0 Å². The van der Waals surface area contributed by atoms with Crippen molar-refractivity contribution in [3.05, 3.63) is 105 Å². The predicted octanol–water partition coefficient (Wildman–Crippen LogP) is 2.60. The molecule has 198 valence electrons. The van der Waals surface area contributed by atoms with E-state index in [1.807, 2.05) is 57.2 Å².